The quantitative estimate of drug-likeness (QED) is 0.849. The summed E-state index contributed by atoms with van der Waals surface area (Å²) in [5, 5.41) is 2.74. The number of ether oxygens (including phenoxy) is 1. The van der Waals surface area contributed by atoms with Crippen molar-refractivity contribution in [1.82, 2.24) is 5.32 Å². The molecule has 4 heteroatoms. The molecule has 0 radical (unpaired) electrons. The fraction of sp³-hybridized carbons (Fsp3) is 0.529. The van der Waals surface area contributed by atoms with Crippen molar-refractivity contribution in [3.8, 4) is 5.75 Å². The number of carbonyl (C=O) groups is 2. The van der Waals surface area contributed by atoms with Crippen LogP contribution in [0.5, 0.6) is 5.75 Å². The fourth-order valence-electron chi connectivity index (χ4n) is 1.65. The van der Waals surface area contributed by atoms with Crippen molar-refractivity contribution >= 4 is 12.2 Å². The Kier molecular flexibility index (Phi) is 8.36. The van der Waals surface area contributed by atoms with Gasteiger partial charge in [-0.2, -0.15) is 0 Å². The van der Waals surface area contributed by atoms with Gasteiger partial charge in [-0.3, -0.25) is 4.79 Å². The normalized spacial score (nSPS) is 11.7. The van der Waals surface area contributed by atoms with Crippen LogP contribution in [0.25, 0.3) is 0 Å². The van der Waals surface area contributed by atoms with Crippen LogP contribution in [0.2, 0.25) is 0 Å². The van der Waals surface area contributed by atoms with E-state index in [0.29, 0.717) is 5.75 Å². The lowest BCUT2D eigenvalue weighted by Crippen LogP contribution is -2.45. The Balaban J connectivity index is 0.00000191. The van der Waals surface area contributed by atoms with E-state index in [1.807, 2.05) is 58.9 Å². The Bertz CT molecular complexity index is 450. The van der Waals surface area contributed by atoms with Gasteiger partial charge in [0.05, 0.1) is 19.6 Å². The van der Waals surface area contributed by atoms with Crippen LogP contribution in [0.1, 0.15) is 40.2 Å². The minimum atomic E-state index is -0.481. The molecule has 0 saturated heterocycles. The van der Waals surface area contributed by atoms with Crippen LogP contribution in [0.4, 0.5) is 0 Å². The van der Waals surface area contributed by atoms with Gasteiger partial charge in [0.25, 0.3) is 0 Å². The average molecular weight is 293 g/mol. The molecule has 1 N–H and O–H groups in total. The SMILES string of the molecule is CC.COc1cccc(CC(=O)NC(C=O)C(C)(C)C)c1. The number of aldehydes is 1. The molecular formula is C17H27NO3. The summed E-state index contributed by atoms with van der Waals surface area (Å²) in [6, 6.07) is 6.85. The largest absolute Gasteiger partial charge is 0.497 e. The molecule has 21 heavy (non-hydrogen) atoms. The molecule has 0 aliphatic rings. The maximum Gasteiger partial charge on any atom is 0.225 e. The van der Waals surface area contributed by atoms with Crippen LogP contribution >= 0.6 is 0 Å². The summed E-state index contributed by atoms with van der Waals surface area (Å²) in [4.78, 5) is 22.9. The molecule has 0 saturated carbocycles. The predicted molar refractivity (Wildman–Crippen MR) is 85.5 cm³/mol. The van der Waals surface area contributed by atoms with E-state index in [9.17, 15) is 9.59 Å². The molecule has 0 spiro atoms. The molecule has 0 fully saturated rings. The van der Waals surface area contributed by atoms with Crippen LogP contribution in [-0.2, 0) is 16.0 Å². The summed E-state index contributed by atoms with van der Waals surface area (Å²) in [5.74, 6) is 0.549. The molecule has 0 aromatic heterocycles. The topological polar surface area (TPSA) is 55.4 Å². The summed E-state index contributed by atoms with van der Waals surface area (Å²) in [5.41, 5.74) is 0.571. The van der Waals surface area contributed by atoms with Gasteiger partial charge < -0.3 is 14.8 Å². The molecule has 1 aromatic carbocycles. The van der Waals surface area contributed by atoms with Gasteiger partial charge in [0.15, 0.2) is 0 Å². The second-order valence-electron chi connectivity index (χ2n) is 5.58. The third kappa shape index (κ3) is 6.93. The molecule has 0 aliphatic carbocycles. The monoisotopic (exact) mass is 293 g/mol. The van der Waals surface area contributed by atoms with Gasteiger partial charge in [0.1, 0.15) is 12.0 Å². The zero-order valence-corrected chi connectivity index (χ0v) is 13.9. The second-order valence-corrected chi connectivity index (χ2v) is 5.58. The Morgan fingerprint density at radius 1 is 1.33 bits per heavy atom. The molecule has 118 valence electrons. The summed E-state index contributed by atoms with van der Waals surface area (Å²) >= 11 is 0. The van der Waals surface area contributed by atoms with E-state index < -0.39 is 6.04 Å². The highest BCUT2D eigenvalue weighted by Crippen LogP contribution is 2.18. The molecule has 1 aromatic rings. The van der Waals surface area contributed by atoms with E-state index in [-0.39, 0.29) is 17.7 Å². The molecule has 1 amide bonds. The number of nitrogens with one attached hydrogen (secondary N) is 1. The average Bonchev–Trinajstić information content (AvgIpc) is 2.45. The summed E-state index contributed by atoms with van der Waals surface area (Å²) < 4.78 is 5.11. The summed E-state index contributed by atoms with van der Waals surface area (Å²) in [7, 11) is 1.58. The van der Waals surface area contributed by atoms with Crippen LogP contribution in [0, 0.1) is 5.41 Å². The second kappa shape index (κ2) is 9.16. The van der Waals surface area contributed by atoms with Gasteiger partial charge >= 0.3 is 0 Å². The Hall–Kier alpha value is -1.84. The van der Waals surface area contributed by atoms with Gasteiger partial charge in [-0.25, -0.2) is 0 Å². The molecule has 1 atom stereocenters. The first-order valence-corrected chi connectivity index (χ1v) is 7.24. The van der Waals surface area contributed by atoms with Gasteiger partial charge in [-0.15, -0.1) is 0 Å². The highest BCUT2D eigenvalue weighted by molar-refractivity contribution is 5.82. The van der Waals surface area contributed by atoms with Crippen LogP contribution < -0.4 is 10.1 Å². The minimum absolute atomic E-state index is 0.166. The first kappa shape index (κ1) is 19.2. The van der Waals surface area contributed by atoms with E-state index in [1.165, 1.54) is 0 Å². The lowest BCUT2D eigenvalue weighted by molar-refractivity contribution is -0.125. The lowest BCUT2D eigenvalue weighted by atomic mass is 9.87. The highest BCUT2D eigenvalue weighted by Gasteiger charge is 2.25. The van der Waals surface area contributed by atoms with Crippen molar-refractivity contribution in [3.05, 3.63) is 29.8 Å². The van der Waals surface area contributed by atoms with Gasteiger partial charge in [-0.05, 0) is 23.1 Å². The van der Waals surface area contributed by atoms with E-state index in [2.05, 4.69) is 5.32 Å². The van der Waals surface area contributed by atoms with Crippen LogP contribution in [0.15, 0.2) is 24.3 Å². The molecule has 1 rings (SSSR count). The minimum Gasteiger partial charge on any atom is -0.497 e. The molecule has 1 unspecified atom stereocenters. The first-order chi connectivity index (χ1) is 9.86. The number of benzene rings is 1. The van der Waals surface area contributed by atoms with Crippen molar-refractivity contribution in [2.75, 3.05) is 7.11 Å². The number of hydrogen-bond donors (Lipinski definition) is 1. The maximum absolute atomic E-state index is 11.9. The van der Waals surface area contributed by atoms with Gasteiger partial charge in [0, 0.05) is 0 Å². The van der Waals surface area contributed by atoms with Crippen LogP contribution in [-0.4, -0.2) is 25.3 Å². The third-order valence-corrected chi connectivity index (χ3v) is 2.88. The van der Waals surface area contributed by atoms with Crippen molar-refractivity contribution in [2.24, 2.45) is 5.41 Å². The van der Waals surface area contributed by atoms with Crippen molar-refractivity contribution < 1.29 is 14.3 Å². The summed E-state index contributed by atoms with van der Waals surface area (Å²) in [6.45, 7) is 9.74. The smallest absolute Gasteiger partial charge is 0.225 e. The number of amides is 1. The molecular weight excluding hydrogens is 266 g/mol. The number of methoxy groups -OCH3 is 1. The molecule has 4 nitrogen and oxygen atoms in total. The van der Waals surface area contributed by atoms with Gasteiger partial charge in [0.2, 0.25) is 5.91 Å². The zero-order valence-electron chi connectivity index (χ0n) is 13.9. The van der Waals surface area contributed by atoms with E-state index in [0.717, 1.165) is 11.8 Å². The fourth-order valence-corrected chi connectivity index (χ4v) is 1.65. The van der Waals surface area contributed by atoms with Crippen LogP contribution in [0.3, 0.4) is 0 Å². The number of hydrogen-bond acceptors (Lipinski definition) is 3. The van der Waals surface area contributed by atoms with E-state index >= 15 is 0 Å². The van der Waals surface area contributed by atoms with Gasteiger partial charge in [-0.1, -0.05) is 46.8 Å². The van der Waals surface area contributed by atoms with Crippen molar-refractivity contribution in [2.45, 2.75) is 47.1 Å². The molecule has 0 heterocycles. The highest BCUT2D eigenvalue weighted by atomic mass is 16.5. The first-order valence-electron chi connectivity index (χ1n) is 7.24. The maximum atomic E-state index is 11.9. The lowest BCUT2D eigenvalue weighted by Gasteiger charge is -2.26. The third-order valence-electron chi connectivity index (χ3n) is 2.88. The number of carbonyl (C=O) groups excluding carboxylic acids is 2. The predicted octanol–water partition coefficient (Wildman–Crippen LogP) is 2.99. The summed E-state index contributed by atoms with van der Waals surface area (Å²) in [6.07, 6.45) is 1.01. The van der Waals surface area contributed by atoms with E-state index in [1.54, 1.807) is 7.11 Å². The Morgan fingerprint density at radius 2 is 1.95 bits per heavy atom. The zero-order chi connectivity index (χ0) is 16.5. The Morgan fingerprint density at radius 3 is 2.43 bits per heavy atom. The van der Waals surface area contributed by atoms with Crippen molar-refractivity contribution in [1.29, 1.82) is 0 Å². The number of rotatable bonds is 5. The van der Waals surface area contributed by atoms with E-state index in [4.69, 9.17) is 4.74 Å². The molecule has 0 bridgehead atoms. The molecule has 0 aliphatic heterocycles. The van der Waals surface area contributed by atoms with Crippen molar-refractivity contribution in [3.63, 3.8) is 0 Å². The Labute approximate surface area is 127 Å². The standard InChI is InChI=1S/C15H21NO3.C2H6/c1-15(2,3)13(10-17)16-14(18)9-11-6-5-7-12(8-11)19-4;1-2/h5-8,10,13H,9H2,1-4H3,(H,16,18);1-2H3.